The summed E-state index contributed by atoms with van der Waals surface area (Å²) >= 11 is 1.84. The summed E-state index contributed by atoms with van der Waals surface area (Å²) in [6, 6.07) is 10.1. The molecule has 104 valence electrons. The fourth-order valence-corrected chi connectivity index (χ4v) is 3.65. The fourth-order valence-electron chi connectivity index (χ4n) is 2.35. The molecule has 1 atom stereocenters. The first-order valence-electron chi connectivity index (χ1n) is 6.62. The minimum atomic E-state index is -0.0345. The van der Waals surface area contributed by atoms with Gasteiger partial charge in [-0.2, -0.15) is 5.10 Å². The zero-order chi connectivity index (χ0) is 14.1. The smallest absolute Gasteiger partial charge is 0.268 e. The minimum Gasteiger partial charge on any atom is -0.376 e. The first kappa shape index (κ1) is 13.2. The first-order chi connectivity index (χ1) is 9.63. The fraction of sp³-hybridized carbons (Fsp3) is 0.333. The summed E-state index contributed by atoms with van der Waals surface area (Å²) in [4.78, 5) is 15.3. The SMILES string of the molecule is CN(C)c1cnn(CC2Cc3ccccc3S2)c(=O)c1. The number of nitrogens with zero attached hydrogens (tertiary/aromatic N) is 3. The van der Waals surface area contributed by atoms with Gasteiger partial charge in [0.1, 0.15) is 0 Å². The van der Waals surface area contributed by atoms with Crippen molar-refractivity contribution in [2.24, 2.45) is 0 Å². The van der Waals surface area contributed by atoms with Crippen LogP contribution in [0.1, 0.15) is 5.56 Å². The highest BCUT2D eigenvalue weighted by Gasteiger charge is 2.22. The molecule has 4 nitrogen and oxygen atoms in total. The molecule has 3 rings (SSSR count). The van der Waals surface area contributed by atoms with E-state index in [1.165, 1.54) is 10.5 Å². The number of aromatic nitrogens is 2. The van der Waals surface area contributed by atoms with Crippen LogP contribution in [0.15, 0.2) is 46.2 Å². The van der Waals surface area contributed by atoms with Crippen LogP contribution in [0.4, 0.5) is 5.69 Å². The summed E-state index contributed by atoms with van der Waals surface area (Å²) in [6.07, 6.45) is 2.75. The average molecular weight is 287 g/mol. The highest BCUT2D eigenvalue weighted by atomic mass is 32.2. The van der Waals surface area contributed by atoms with Gasteiger partial charge in [-0.15, -0.1) is 11.8 Å². The van der Waals surface area contributed by atoms with E-state index in [0.717, 1.165) is 12.1 Å². The van der Waals surface area contributed by atoms with E-state index in [4.69, 9.17) is 0 Å². The number of thioether (sulfide) groups is 1. The number of hydrogen-bond acceptors (Lipinski definition) is 4. The van der Waals surface area contributed by atoms with Gasteiger partial charge in [0.25, 0.3) is 5.56 Å². The van der Waals surface area contributed by atoms with E-state index in [9.17, 15) is 4.79 Å². The van der Waals surface area contributed by atoms with Crippen LogP contribution in [-0.4, -0.2) is 29.1 Å². The molecule has 0 N–H and O–H groups in total. The lowest BCUT2D eigenvalue weighted by Gasteiger charge is -2.14. The Morgan fingerprint density at radius 1 is 1.40 bits per heavy atom. The second kappa shape index (κ2) is 5.32. The second-order valence-corrected chi connectivity index (χ2v) is 6.52. The van der Waals surface area contributed by atoms with Gasteiger partial charge >= 0.3 is 0 Å². The van der Waals surface area contributed by atoms with Crippen molar-refractivity contribution in [1.29, 1.82) is 0 Å². The molecule has 5 heteroatoms. The van der Waals surface area contributed by atoms with Crippen LogP contribution < -0.4 is 10.5 Å². The molecule has 2 heterocycles. The molecule has 0 saturated heterocycles. The Bertz CT molecular complexity index is 656. The standard InChI is InChI=1S/C15H17N3OS/c1-17(2)12-8-15(19)18(16-9-12)10-13-7-11-5-3-4-6-14(11)20-13/h3-6,8-9,13H,7,10H2,1-2H3. The molecule has 1 aliphatic rings. The number of benzene rings is 1. The summed E-state index contributed by atoms with van der Waals surface area (Å²) < 4.78 is 1.57. The van der Waals surface area contributed by atoms with Crippen LogP contribution in [0.5, 0.6) is 0 Å². The third-order valence-corrected chi connectivity index (χ3v) is 4.76. The molecule has 0 radical (unpaired) electrons. The van der Waals surface area contributed by atoms with E-state index in [1.807, 2.05) is 30.8 Å². The molecule has 20 heavy (non-hydrogen) atoms. The Labute approximate surface area is 122 Å². The highest BCUT2D eigenvalue weighted by Crippen LogP contribution is 2.37. The normalized spacial score (nSPS) is 17.0. The number of hydrogen-bond donors (Lipinski definition) is 0. The van der Waals surface area contributed by atoms with Crippen molar-refractivity contribution in [3.8, 4) is 0 Å². The molecule has 0 aliphatic carbocycles. The van der Waals surface area contributed by atoms with Crippen LogP contribution >= 0.6 is 11.8 Å². The third-order valence-electron chi connectivity index (χ3n) is 3.46. The van der Waals surface area contributed by atoms with Gasteiger partial charge in [-0.1, -0.05) is 18.2 Å². The van der Waals surface area contributed by atoms with E-state index < -0.39 is 0 Å². The number of rotatable bonds is 3. The van der Waals surface area contributed by atoms with E-state index in [-0.39, 0.29) is 5.56 Å². The van der Waals surface area contributed by atoms with Crippen molar-refractivity contribution >= 4 is 17.4 Å². The van der Waals surface area contributed by atoms with Gasteiger partial charge in [-0.05, 0) is 18.1 Å². The van der Waals surface area contributed by atoms with Crippen molar-refractivity contribution in [2.45, 2.75) is 23.1 Å². The second-order valence-electron chi connectivity index (χ2n) is 5.18. The Hall–Kier alpha value is -1.75. The minimum absolute atomic E-state index is 0.0345. The Morgan fingerprint density at radius 3 is 2.90 bits per heavy atom. The van der Waals surface area contributed by atoms with E-state index >= 15 is 0 Å². The Kier molecular flexibility index (Phi) is 3.53. The van der Waals surface area contributed by atoms with Crippen molar-refractivity contribution in [2.75, 3.05) is 19.0 Å². The van der Waals surface area contributed by atoms with Gasteiger partial charge in [-0.3, -0.25) is 4.79 Å². The lowest BCUT2D eigenvalue weighted by molar-refractivity contribution is 0.562. The number of anilines is 1. The van der Waals surface area contributed by atoms with Gasteiger partial charge in [0.2, 0.25) is 0 Å². The average Bonchev–Trinajstić information content (AvgIpc) is 2.83. The molecule has 0 saturated carbocycles. The van der Waals surface area contributed by atoms with Gasteiger partial charge in [0, 0.05) is 30.3 Å². The van der Waals surface area contributed by atoms with Gasteiger partial charge in [0.05, 0.1) is 18.4 Å². The van der Waals surface area contributed by atoms with Gasteiger partial charge in [0.15, 0.2) is 0 Å². The molecular weight excluding hydrogens is 270 g/mol. The van der Waals surface area contributed by atoms with Crippen LogP contribution in [0.25, 0.3) is 0 Å². The van der Waals surface area contributed by atoms with Crippen molar-refractivity contribution < 1.29 is 0 Å². The van der Waals surface area contributed by atoms with Crippen LogP contribution in [0, 0.1) is 0 Å². The zero-order valence-corrected chi connectivity index (χ0v) is 12.4. The monoisotopic (exact) mass is 287 g/mol. The molecule has 0 spiro atoms. The maximum atomic E-state index is 12.1. The summed E-state index contributed by atoms with van der Waals surface area (Å²) in [5, 5.41) is 4.67. The molecular formula is C15H17N3OS. The first-order valence-corrected chi connectivity index (χ1v) is 7.50. The van der Waals surface area contributed by atoms with Gasteiger partial charge in [-0.25, -0.2) is 4.68 Å². The Balaban J connectivity index is 1.76. The van der Waals surface area contributed by atoms with Crippen molar-refractivity contribution in [1.82, 2.24) is 9.78 Å². The van der Waals surface area contributed by atoms with Crippen molar-refractivity contribution in [3.05, 3.63) is 52.4 Å². The predicted octanol–water partition coefficient (Wildman–Crippen LogP) is 2.03. The third kappa shape index (κ3) is 2.58. The summed E-state index contributed by atoms with van der Waals surface area (Å²) in [6.45, 7) is 0.659. The van der Waals surface area contributed by atoms with Gasteiger partial charge < -0.3 is 4.90 Å². The molecule has 1 aliphatic heterocycles. The Morgan fingerprint density at radius 2 is 2.20 bits per heavy atom. The molecule has 1 aromatic heterocycles. The lowest BCUT2D eigenvalue weighted by atomic mass is 10.1. The predicted molar refractivity (Wildman–Crippen MR) is 82.6 cm³/mol. The summed E-state index contributed by atoms with van der Waals surface area (Å²) in [7, 11) is 3.81. The van der Waals surface area contributed by atoms with Crippen molar-refractivity contribution in [3.63, 3.8) is 0 Å². The zero-order valence-electron chi connectivity index (χ0n) is 11.6. The maximum absolute atomic E-state index is 12.1. The van der Waals surface area contributed by atoms with E-state index in [1.54, 1.807) is 16.9 Å². The molecule has 2 aromatic rings. The van der Waals surface area contributed by atoms with Crippen LogP contribution in [0.3, 0.4) is 0 Å². The molecule has 0 fully saturated rings. The quantitative estimate of drug-likeness (QED) is 0.866. The molecule has 1 aromatic carbocycles. The van der Waals surface area contributed by atoms with Crippen LogP contribution in [0.2, 0.25) is 0 Å². The highest BCUT2D eigenvalue weighted by molar-refractivity contribution is 8.00. The molecule has 0 amide bonds. The largest absolute Gasteiger partial charge is 0.376 e. The van der Waals surface area contributed by atoms with E-state index in [0.29, 0.717) is 11.8 Å². The maximum Gasteiger partial charge on any atom is 0.268 e. The number of fused-ring (bicyclic) bond motifs is 1. The summed E-state index contributed by atoms with van der Waals surface area (Å²) in [5.74, 6) is 0. The lowest BCUT2D eigenvalue weighted by Crippen LogP contribution is -2.28. The molecule has 1 unspecified atom stereocenters. The molecule has 0 bridgehead atoms. The van der Waals surface area contributed by atoms with Crippen LogP contribution in [-0.2, 0) is 13.0 Å². The topological polar surface area (TPSA) is 38.1 Å². The van der Waals surface area contributed by atoms with E-state index in [2.05, 4.69) is 29.4 Å². The summed E-state index contributed by atoms with van der Waals surface area (Å²) in [5.41, 5.74) is 2.18.